The van der Waals surface area contributed by atoms with E-state index in [1.165, 1.54) is 11.3 Å². The van der Waals surface area contributed by atoms with E-state index >= 15 is 0 Å². The van der Waals surface area contributed by atoms with Crippen molar-refractivity contribution in [1.82, 2.24) is 4.57 Å². The molecule has 1 aliphatic heterocycles. The van der Waals surface area contributed by atoms with E-state index in [0.717, 1.165) is 5.56 Å². The van der Waals surface area contributed by atoms with Gasteiger partial charge in [-0.3, -0.25) is 9.36 Å². The Balaban J connectivity index is 1.98. The molecule has 7 nitrogen and oxygen atoms in total. The summed E-state index contributed by atoms with van der Waals surface area (Å²) in [4.78, 5) is 31.6. The molecular weight excluding hydrogens is 440 g/mol. The molecule has 0 aliphatic carbocycles. The standard InChI is InChI=1S/C25H24N2O5S/c1-5-32-24(29)21-15(2)26-25-27(22(21)17-11-12-18(30-3)19(14-17)31-4)23(28)20(33-25)13-16-9-7-6-8-10-16/h6-14,22H,5H2,1-4H3/b20-13+/t22-/m1/s1. The number of hydrogen-bond acceptors (Lipinski definition) is 7. The van der Waals surface area contributed by atoms with E-state index in [-0.39, 0.29) is 12.2 Å². The van der Waals surface area contributed by atoms with Gasteiger partial charge in [0.05, 0.1) is 42.7 Å². The molecule has 8 heteroatoms. The maximum atomic E-state index is 13.6. The van der Waals surface area contributed by atoms with E-state index in [4.69, 9.17) is 14.2 Å². The summed E-state index contributed by atoms with van der Waals surface area (Å²) >= 11 is 1.29. The van der Waals surface area contributed by atoms with Gasteiger partial charge in [-0.25, -0.2) is 9.79 Å². The monoisotopic (exact) mass is 464 g/mol. The highest BCUT2D eigenvalue weighted by Crippen LogP contribution is 2.36. The number of nitrogens with zero attached hydrogens (tertiary/aromatic N) is 2. The summed E-state index contributed by atoms with van der Waals surface area (Å²) in [5.74, 6) is 0.547. The van der Waals surface area contributed by atoms with E-state index < -0.39 is 12.0 Å². The van der Waals surface area contributed by atoms with Gasteiger partial charge in [0.15, 0.2) is 16.3 Å². The zero-order valence-corrected chi connectivity index (χ0v) is 19.6. The van der Waals surface area contributed by atoms with Crippen molar-refractivity contribution in [2.45, 2.75) is 19.9 Å². The number of esters is 1. The molecule has 2 aromatic carbocycles. The molecule has 0 saturated heterocycles. The first-order valence-corrected chi connectivity index (χ1v) is 11.3. The van der Waals surface area contributed by atoms with Crippen molar-refractivity contribution in [1.29, 1.82) is 0 Å². The van der Waals surface area contributed by atoms with E-state index in [2.05, 4.69) is 4.99 Å². The molecule has 0 bridgehead atoms. The van der Waals surface area contributed by atoms with Crippen LogP contribution in [0.2, 0.25) is 0 Å². The first kappa shape index (κ1) is 22.5. The number of fused-ring (bicyclic) bond motifs is 1. The van der Waals surface area contributed by atoms with Crippen molar-refractivity contribution < 1.29 is 19.0 Å². The fraction of sp³-hybridized carbons (Fsp3) is 0.240. The Morgan fingerprint density at radius 3 is 2.52 bits per heavy atom. The molecule has 33 heavy (non-hydrogen) atoms. The Morgan fingerprint density at radius 2 is 1.85 bits per heavy atom. The third-order valence-corrected chi connectivity index (χ3v) is 6.32. The highest BCUT2D eigenvalue weighted by molar-refractivity contribution is 7.07. The molecule has 0 spiro atoms. The fourth-order valence-electron chi connectivity index (χ4n) is 3.83. The van der Waals surface area contributed by atoms with Crippen molar-refractivity contribution in [2.24, 2.45) is 4.99 Å². The normalized spacial score (nSPS) is 15.6. The highest BCUT2D eigenvalue weighted by atomic mass is 32.1. The summed E-state index contributed by atoms with van der Waals surface area (Å²) in [5, 5.41) is 0. The zero-order chi connectivity index (χ0) is 23.5. The topological polar surface area (TPSA) is 79.1 Å². The van der Waals surface area contributed by atoms with Crippen LogP contribution in [0, 0.1) is 0 Å². The number of rotatable bonds is 6. The van der Waals surface area contributed by atoms with Crippen LogP contribution in [0.15, 0.2) is 69.6 Å². The van der Waals surface area contributed by atoms with Crippen LogP contribution in [0.3, 0.4) is 0 Å². The molecule has 0 N–H and O–H groups in total. The third-order valence-electron chi connectivity index (χ3n) is 5.34. The number of carbonyl (C=O) groups is 1. The van der Waals surface area contributed by atoms with Crippen molar-refractivity contribution >= 4 is 23.4 Å². The second-order valence-electron chi connectivity index (χ2n) is 7.33. The Morgan fingerprint density at radius 1 is 1.12 bits per heavy atom. The molecule has 2 heterocycles. The lowest BCUT2D eigenvalue weighted by Crippen LogP contribution is -2.39. The van der Waals surface area contributed by atoms with E-state index in [0.29, 0.717) is 37.7 Å². The Kier molecular flexibility index (Phi) is 6.46. The first-order valence-electron chi connectivity index (χ1n) is 10.4. The lowest BCUT2D eigenvalue weighted by molar-refractivity contribution is -0.139. The largest absolute Gasteiger partial charge is 0.493 e. The summed E-state index contributed by atoms with van der Waals surface area (Å²) in [6.45, 7) is 3.72. The number of ether oxygens (including phenoxy) is 3. The SMILES string of the molecule is CCOC(=O)C1=C(C)N=c2s/c(=C/c3ccccc3)c(=O)n2[C@@H]1c1ccc(OC)c(OC)c1. The molecule has 170 valence electrons. The minimum Gasteiger partial charge on any atom is -0.493 e. The van der Waals surface area contributed by atoms with Crippen LogP contribution >= 0.6 is 11.3 Å². The number of thiazole rings is 1. The smallest absolute Gasteiger partial charge is 0.338 e. The fourth-order valence-corrected chi connectivity index (χ4v) is 4.88. The van der Waals surface area contributed by atoms with Gasteiger partial charge in [0, 0.05) is 0 Å². The second-order valence-corrected chi connectivity index (χ2v) is 8.34. The first-order chi connectivity index (χ1) is 16.0. The summed E-state index contributed by atoms with van der Waals surface area (Å²) in [6, 6.07) is 14.2. The van der Waals surface area contributed by atoms with Gasteiger partial charge in [0.25, 0.3) is 5.56 Å². The van der Waals surface area contributed by atoms with Crippen LogP contribution in [-0.2, 0) is 9.53 Å². The lowest BCUT2D eigenvalue weighted by atomic mass is 9.95. The lowest BCUT2D eigenvalue weighted by Gasteiger charge is -2.25. The van der Waals surface area contributed by atoms with E-state index in [1.54, 1.807) is 44.8 Å². The summed E-state index contributed by atoms with van der Waals surface area (Å²) in [5.41, 5.74) is 2.21. The number of methoxy groups -OCH3 is 2. The number of allylic oxidation sites excluding steroid dienone is 1. The number of benzene rings is 2. The molecule has 0 unspecified atom stereocenters. The van der Waals surface area contributed by atoms with Crippen LogP contribution in [0.1, 0.15) is 31.0 Å². The second kappa shape index (κ2) is 9.46. The van der Waals surface area contributed by atoms with Crippen LogP contribution in [0.5, 0.6) is 11.5 Å². The van der Waals surface area contributed by atoms with Crippen molar-refractivity contribution in [3.05, 3.63) is 90.6 Å². The van der Waals surface area contributed by atoms with Crippen molar-refractivity contribution in [2.75, 3.05) is 20.8 Å². The van der Waals surface area contributed by atoms with E-state index in [9.17, 15) is 9.59 Å². The molecule has 0 radical (unpaired) electrons. The van der Waals surface area contributed by atoms with Gasteiger partial charge in [-0.2, -0.15) is 0 Å². The molecule has 0 fully saturated rings. The summed E-state index contributed by atoms with van der Waals surface area (Å²) < 4.78 is 18.2. The van der Waals surface area contributed by atoms with Crippen LogP contribution < -0.4 is 24.4 Å². The number of aromatic nitrogens is 1. The Bertz CT molecular complexity index is 1400. The maximum Gasteiger partial charge on any atom is 0.338 e. The van der Waals surface area contributed by atoms with Crippen LogP contribution in [-0.4, -0.2) is 31.4 Å². The van der Waals surface area contributed by atoms with Gasteiger partial charge in [-0.15, -0.1) is 0 Å². The van der Waals surface area contributed by atoms with Gasteiger partial charge in [0.1, 0.15) is 0 Å². The average Bonchev–Trinajstić information content (AvgIpc) is 3.12. The number of carbonyl (C=O) groups excluding carboxylic acids is 1. The quantitative estimate of drug-likeness (QED) is 0.524. The van der Waals surface area contributed by atoms with Gasteiger partial charge < -0.3 is 14.2 Å². The van der Waals surface area contributed by atoms with E-state index in [1.807, 2.05) is 42.5 Å². The molecule has 1 atom stereocenters. The summed E-state index contributed by atoms with van der Waals surface area (Å²) in [6.07, 6.45) is 1.83. The molecular formula is C25H24N2O5S. The average molecular weight is 465 g/mol. The Hall–Kier alpha value is -3.65. The molecule has 1 aliphatic rings. The number of hydrogen-bond donors (Lipinski definition) is 0. The van der Waals surface area contributed by atoms with Crippen LogP contribution in [0.4, 0.5) is 0 Å². The van der Waals surface area contributed by atoms with Crippen LogP contribution in [0.25, 0.3) is 6.08 Å². The van der Waals surface area contributed by atoms with Gasteiger partial charge in [0.2, 0.25) is 0 Å². The van der Waals surface area contributed by atoms with Crippen molar-refractivity contribution in [3.63, 3.8) is 0 Å². The molecule has 3 aromatic rings. The highest BCUT2D eigenvalue weighted by Gasteiger charge is 2.33. The van der Waals surface area contributed by atoms with Gasteiger partial charge in [-0.05, 0) is 43.2 Å². The molecule has 0 saturated carbocycles. The van der Waals surface area contributed by atoms with Crippen molar-refractivity contribution in [3.8, 4) is 11.5 Å². The summed E-state index contributed by atoms with van der Waals surface area (Å²) in [7, 11) is 3.10. The zero-order valence-electron chi connectivity index (χ0n) is 18.8. The predicted molar refractivity (Wildman–Crippen MR) is 126 cm³/mol. The molecule has 1 aromatic heterocycles. The molecule has 4 rings (SSSR count). The minimum atomic E-state index is -0.710. The Labute approximate surface area is 194 Å². The van der Waals surface area contributed by atoms with Gasteiger partial charge in [-0.1, -0.05) is 47.7 Å². The third kappa shape index (κ3) is 4.21. The maximum absolute atomic E-state index is 13.6. The predicted octanol–water partition coefficient (Wildman–Crippen LogP) is 2.82. The van der Waals surface area contributed by atoms with Gasteiger partial charge >= 0.3 is 5.97 Å². The minimum absolute atomic E-state index is 0.215. The molecule has 0 amide bonds.